The topological polar surface area (TPSA) is 49.8 Å². The Morgan fingerprint density at radius 1 is 1.44 bits per heavy atom. The van der Waals surface area contributed by atoms with E-state index in [2.05, 4.69) is 0 Å². The zero-order valence-electron chi connectivity index (χ0n) is 9.24. The van der Waals surface area contributed by atoms with Gasteiger partial charge in [-0.15, -0.1) is 0 Å². The highest BCUT2D eigenvalue weighted by Crippen LogP contribution is 2.31. The molecule has 88 valence electrons. The van der Waals surface area contributed by atoms with E-state index in [0.717, 1.165) is 0 Å². The summed E-state index contributed by atoms with van der Waals surface area (Å²) in [4.78, 5) is 13.2. The monoisotopic (exact) mass is 335 g/mol. The van der Waals surface area contributed by atoms with E-state index in [-0.39, 0.29) is 11.5 Å². The minimum absolute atomic E-state index is 0.0209. The summed E-state index contributed by atoms with van der Waals surface area (Å²) in [6.07, 6.45) is -0.440. The van der Waals surface area contributed by atoms with Crippen molar-refractivity contribution in [2.75, 3.05) is 13.1 Å². The van der Waals surface area contributed by atoms with Crippen molar-refractivity contribution in [2.24, 2.45) is 0 Å². The van der Waals surface area contributed by atoms with Crippen molar-refractivity contribution in [3.05, 3.63) is 21.8 Å². The smallest absolute Gasteiger partial charge is 0.415 e. The molecule has 0 atom stereocenters. The van der Waals surface area contributed by atoms with Gasteiger partial charge in [-0.05, 0) is 48.6 Å². The molecule has 0 unspecified atom stereocenters. The molecule has 0 aromatic heterocycles. The van der Waals surface area contributed by atoms with Crippen LogP contribution in [0.2, 0.25) is 0 Å². The van der Waals surface area contributed by atoms with Gasteiger partial charge >= 0.3 is 6.09 Å². The second kappa shape index (κ2) is 5.93. The van der Waals surface area contributed by atoms with Crippen molar-refractivity contribution in [3.8, 4) is 11.5 Å². The summed E-state index contributed by atoms with van der Waals surface area (Å²) in [5.41, 5.74) is 0. The Bertz CT molecular complexity index is 357. The molecule has 0 fully saturated rings. The average Bonchev–Trinajstić information content (AvgIpc) is 2.25. The molecule has 0 aliphatic rings. The molecule has 1 aromatic carbocycles. The lowest BCUT2D eigenvalue weighted by molar-refractivity contribution is 0.155. The van der Waals surface area contributed by atoms with Crippen LogP contribution in [0.1, 0.15) is 13.8 Å². The molecule has 0 aliphatic heterocycles. The maximum Gasteiger partial charge on any atom is 0.415 e. The molecule has 0 radical (unpaired) electrons. The standard InChI is InChI=1S/C11H14INO3/c1-3-13(4-2)11(15)16-10-8(12)6-5-7-9(10)14/h5-7,14H,3-4H2,1-2H3. The molecule has 0 heterocycles. The van der Waals surface area contributed by atoms with Gasteiger partial charge in [0.15, 0.2) is 11.5 Å². The molecule has 0 aliphatic carbocycles. The van der Waals surface area contributed by atoms with Gasteiger partial charge in [0.2, 0.25) is 0 Å². The molecule has 0 bridgehead atoms. The number of nitrogens with zero attached hydrogens (tertiary/aromatic N) is 1. The first-order valence-corrected chi connectivity index (χ1v) is 6.12. The first-order valence-electron chi connectivity index (χ1n) is 5.04. The Hall–Kier alpha value is -0.980. The van der Waals surface area contributed by atoms with Crippen molar-refractivity contribution >= 4 is 28.7 Å². The number of ether oxygens (including phenoxy) is 1. The number of carbonyl (C=O) groups excluding carboxylic acids is 1. The zero-order valence-corrected chi connectivity index (χ0v) is 11.4. The number of halogens is 1. The van der Waals surface area contributed by atoms with E-state index in [4.69, 9.17) is 4.74 Å². The Balaban J connectivity index is 2.84. The van der Waals surface area contributed by atoms with Crippen LogP contribution in [0.25, 0.3) is 0 Å². The van der Waals surface area contributed by atoms with E-state index < -0.39 is 6.09 Å². The Kier molecular flexibility index (Phi) is 4.85. The van der Waals surface area contributed by atoms with Crippen LogP contribution in [0.4, 0.5) is 4.79 Å². The van der Waals surface area contributed by atoms with Gasteiger partial charge in [0.1, 0.15) is 0 Å². The van der Waals surface area contributed by atoms with Gasteiger partial charge in [-0.25, -0.2) is 4.79 Å². The fraction of sp³-hybridized carbons (Fsp3) is 0.364. The zero-order chi connectivity index (χ0) is 12.1. The third-order valence-corrected chi connectivity index (χ3v) is 3.01. The lowest BCUT2D eigenvalue weighted by atomic mass is 10.3. The maximum atomic E-state index is 11.7. The van der Waals surface area contributed by atoms with Crippen LogP contribution in [0.5, 0.6) is 11.5 Å². The van der Waals surface area contributed by atoms with E-state index in [1.54, 1.807) is 17.0 Å². The van der Waals surface area contributed by atoms with Crippen molar-refractivity contribution in [3.63, 3.8) is 0 Å². The number of phenols is 1. The fourth-order valence-electron chi connectivity index (χ4n) is 1.23. The third kappa shape index (κ3) is 3.01. The van der Waals surface area contributed by atoms with Crippen LogP contribution in [0.3, 0.4) is 0 Å². The van der Waals surface area contributed by atoms with Gasteiger partial charge in [-0.2, -0.15) is 0 Å². The van der Waals surface area contributed by atoms with Gasteiger partial charge in [0, 0.05) is 13.1 Å². The molecule has 1 N–H and O–H groups in total. The van der Waals surface area contributed by atoms with Gasteiger partial charge in [0.05, 0.1) is 3.57 Å². The summed E-state index contributed by atoms with van der Waals surface area (Å²) in [5.74, 6) is 0.201. The number of hydrogen-bond donors (Lipinski definition) is 1. The summed E-state index contributed by atoms with van der Waals surface area (Å²) in [6.45, 7) is 4.92. The highest BCUT2D eigenvalue weighted by molar-refractivity contribution is 14.1. The van der Waals surface area contributed by atoms with Crippen molar-refractivity contribution < 1.29 is 14.6 Å². The van der Waals surface area contributed by atoms with Gasteiger partial charge in [-0.3, -0.25) is 0 Å². The van der Waals surface area contributed by atoms with E-state index in [0.29, 0.717) is 16.7 Å². The van der Waals surface area contributed by atoms with Crippen LogP contribution in [-0.4, -0.2) is 29.2 Å². The lowest BCUT2D eigenvalue weighted by Gasteiger charge is -2.18. The number of aromatic hydroxyl groups is 1. The van der Waals surface area contributed by atoms with Crippen LogP contribution in [-0.2, 0) is 0 Å². The largest absolute Gasteiger partial charge is 0.504 e. The summed E-state index contributed by atoms with van der Waals surface area (Å²) in [6, 6.07) is 4.96. The minimum atomic E-state index is -0.440. The predicted octanol–water partition coefficient (Wildman–Crippen LogP) is 2.84. The predicted molar refractivity (Wildman–Crippen MR) is 69.8 cm³/mol. The molecular formula is C11H14INO3. The van der Waals surface area contributed by atoms with E-state index >= 15 is 0 Å². The number of rotatable bonds is 3. The summed E-state index contributed by atoms with van der Waals surface area (Å²) in [7, 11) is 0. The van der Waals surface area contributed by atoms with Crippen LogP contribution in [0, 0.1) is 3.57 Å². The Morgan fingerprint density at radius 2 is 2.06 bits per heavy atom. The molecular weight excluding hydrogens is 321 g/mol. The molecule has 0 saturated carbocycles. The number of phenolic OH excluding ortho intramolecular Hbond substituents is 1. The number of hydrogen-bond acceptors (Lipinski definition) is 3. The quantitative estimate of drug-likeness (QED) is 0.865. The molecule has 1 aromatic rings. The minimum Gasteiger partial charge on any atom is -0.504 e. The average molecular weight is 335 g/mol. The SMILES string of the molecule is CCN(CC)C(=O)Oc1c(O)cccc1I. The van der Waals surface area contributed by atoms with E-state index in [9.17, 15) is 9.90 Å². The van der Waals surface area contributed by atoms with Gasteiger partial charge in [0.25, 0.3) is 0 Å². The second-order valence-corrected chi connectivity index (χ2v) is 4.29. The highest BCUT2D eigenvalue weighted by Gasteiger charge is 2.16. The van der Waals surface area contributed by atoms with Gasteiger partial charge in [-0.1, -0.05) is 6.07 Å². The molecule has 16 heavy (non-hydrogen) atoms. The Labute approximate surface area is 108 Å². The molecule has 1 amide bonds. The van der Waals surface area contributed by atoms with E-state index in [1.165, 1.54) is 6.07 Å². The van der Waals surface area contributed by atoms with Crippen molar-refractivity contribution in [2.45, 2.75) is 13.8 Å². The van der Waals surface area contributed by atoms with Crippen molar-refractivity contribution in [1.82, 2.24) is 4.90 Å². The van der Waals surface area contributed by atoms with Crippen molar-refractivity contribution in [1.29, 1.82) is 0 Å². The summed E-state index contributed by atoms with van der Waals surface area (Å²) >= 11 is 2.01. The highest BCUT2D eigenvalue weighted by atomic mass is 127. The number of carbonyl (C=O) groups is 1. The normalized spacial score (nSPS) is 9.94. The fourth-order valence-corrected chi connectivity index (χ4v) is 1.83. The number of amides is 1. The van der Waals surface area contributed by atoms with Crippen LogP contribution >= 0.6 is 22.6 Å². The first-order chi connectivity index (χ1) is 7.60. The number of benzene rings is 1. The maximum absolute atomic E-state index is 11.7. The molecule has 1 rings (SSSR count). The third-order valence-electron chi connectivity index (χ3n) is 2.16. The number of para-hydroxylation sites is 1. The van der Waals surface area contributed by atoms with Gasteiger partial charge < -0.3 is 14.7 Å². The first kappa shape index (κ1) is 13.1. The summed E-state index contributed by atoms with van der Waals surface area (Å²) in [5, 5.41) is 9.57. The molecule has 0 saturated heterocycles. The van der Waals surface area contributed by atoms with E-state index in [1.807, 2.05) is 36.4 Å². The molecule has 0 spiro atoms. The summed E-state index contributed by atoms with van der Waals surface area (Å²) < 4.78 is 5.86. The lowest BCUT2D eigenvalue weighted by Crippen LogP contribution is -2.33. The molecule has 5 heteroatoms. The second-order valence-electron chi connectivity index (χ2n) is 3.13. The van der Waals surface area contributed by atoms with Crippen LogP contribution < -0.4 is 4.74 Å². The Morgan fingerprint density at radius 3 is 2.56 bits per heavy atom. The van der Waals surface area contributed by atoms with Crippen LogP contribution in [0.15, 0.2) is 18.2 Å². The molecule has 4 nitrogen and oxygen atoms in total.